The maximum atomic E-state index is 12.9. The second-order valence-corrected chi connectivity index (χ2v) is 7.46. The Kier molecular flexibility index (Phi) is 6.97. The van der Waals surface area contributed by atoms with Gasteiger partial charge in [0, 0.05) is 39.3 Å². The van der Waals surface area contributed by atoms with Gasteiger partial charge in [0.15, 0.2) is 0 Å². The summed E-state index contributed by atoms with van der Waals surface area (Å²) >= 11 is 0. The van der Waals surface area contributed by atoms with Crippen molar-refractivity contribution < 1.29 is 18.7 Å². The van der Waals surface area contributed by atoms with Crippen LogP contribution in [0, 0.1) is 5.82 Å². The fourth-order valence-electron chi connectivity index (χ4n) is 2.68. The van der Waals surface area contributed by atoms with Gasteiger partial charge in [0.1, 0.15) is 11.4 Å². The third kappa shape index (κ3) is 7.00. The van der Waals surface area contributed by atoms with E-state index in [1.807, 2.05) is 20.8 Å². The molecule has 26 heavy (non-hydrogen) atoms. The molecule has 0 radical (unpaired) electrons. The fourth-order valence-corrected chi connectivity index (χ4v) is 2.68. The van der Waals surface area contributed by atoms with Gasteiger partial charge in [-0.25, -0.2) is 9.18 Å². The van der Waals surface area contributed by atoms with Crippen molar-refractivity contribution in [1.29, 1.82) is 0 Å². The van der Waals surface area contributed by atoms with Gasteiger partial charge in [0.05, 0.1) is 6.42 Å². The summed E-state index contributed by atoms with van der Waals surface area (Å²) in [4.78, 5) is 27.9. The van der Waals surface area contributed by atoms with Gasteiger partial charge in [0.2, 0.25) is 5.91 Å². The van der Waals surface area contributed by atoms with Crippen LogP contribution >= 0.6 is 0 Å². The lowest BCUT2D eigenvalue weighted by molar-refractivity contribution is -0.120. The Morgan fingerprint density at radius 2 is 1.73 bits per heavy atom. The Morgan fingerprint density at radius 1 is 1.12 bits per heavy atom. The fraction of sp³-hybridized carbons (Fsp3) is 0.579. The highest BCUT2D eigenvalue weighted by molar-refractivity contribution is 5.78. The molecule has 2 rings (SSSR count). The first-order valence-electron chi connectivity index (χ1n) is 8.94. The predicted octanol–water partition coefficient (Wildman–Crippen LogP) is 2.04. The van der Waals surface area contributed by atoms with Crippen LogP contribution in [0.1, 0.15) is 26.3 Å². The topological polar surface area (TPSA) is 61.9 Å². The molecule has 7 heteroatoms. The van der Waals surface area contributed by atoms with E-state index in [9.17, 15) is 14.0 Å². The second kappa shape index (κ2) is 8.98. The third-order valence-corrected chi connectivity index (χ3v) is 4.05. The SMILES string of the molecule is CC(C)(C)OC(=O)N1CCN(CCNC(=O)Cc2ccc(F)cc2)CC1. The molecule has 144 valence electrons. The second-order valence-electron chi connectivity index (χ2n) is 7.46. The lowest BCUT2D eigenvalue weighted by Crippen LogP contribution is -2.51. The van der Waals surface area contributed by atoms with Crippen LogP contribution in [0.15, 0.2) is 24.3 Å². The highest BCUT2D eigenvalue weighted by Crippen LogP contribution is 2.11. The summed E-state index contributed by atoms with van der Waals surface area (Å²) in [5.41, 5.74) is 0.304. The highest BCUT2D eigenvalue weighted by Gasteiger charge is 2.25. The third-order valence-electron chi connectivity index (χ3n) is 4.05. The van der Waals surface area contributed by atoms with E-state index in [1.54, 1.807) is 17.0 Å². The van der Waals surface area contributed by atoms with Crippen molar-refractivity contribution in [2.45, 2.75) is 32.8 Å². The Balaban J connectivity index is 1.63. The molecular weight excluding hydrogens is 337 g/mol. The van der Waals surface area contributed by atoms with Crippen LogP contribution in [-0.4, -0.2) is 66.7 Å². The molecule has 0 atom stereocenters. The monoisotopic (exact) mass is 365 g/mol. The van der Waals surface area contributed by atoms with E-state index in [1.165, 1.54) is 12.1 Å². The van der Waals surface area contributed by atoms with E-state index in [4.69, 9.17) is 4.74 Å². The zero-order chi connectivity index (χ0) is 19.2. The van der Waals surface area contributed by atoms with Gasteiger partial charge >= 0.3 is 6.09 Å². The molecule has 1 N–H and O–H groups in total. The normalized spacial score (nSPS) is 15.6. The zero-order valence-corrected chi connectivity index (χ0v) is 15.8. The van der Waals surface area contributed by atoms with Gasteiger partial charge < -0.3 is 15.0 Å². The average Bonchev–Trinajstić information content (AvgIpc) is 2.56. The Morgan fingerprint density at radius 3 is 2.31 bits per heavy atom. The van der Waals surface area contributed by atoms with Crippen molar-refractivity contribution in [2.75, 3.05) is 39.3 Å². The van der Waals surface area contributed by atoms with E-state index >= 15 is 0 Å². The van der Waals surface area contributed by atoms with Crippen LogP contribution in [0.3, 0.4) is 0 Å². The number of carbonyl (C=O) groups is 2. The summed E-state index contributed by atoms with van der Waals surface area (Å²) in [6.45, 7) is 9.61. The first-order valence-corrected chi connectivity index (χ1v) is 8.94. The number of amides is 2. The number of rotatable bonds is 5. The molecule has 1 heterocycles. The zero-order valence-electron chi connectivity index (χ0n) is 15.8. The molecule has 2 amide bonds. The Hall–Kier alpha value is -2.15. The minimum atomic E-state index is -0.483. The minimum absolute atomic E-state index is 0.0796. The minimum Gasteiger partial charge on any atom is -0.444 e. The number of ether oxygens (including phenoxy) is 1. The molecular formula is C19H28FN3O3. The summed E-state index contributed by atoms with van der Waals surface area (Å²) in [6, 6.07) is 5.94. The van der Waals surface area contributed by atoms with Crippen LogP contribution in [0.5, 0.6) is 0 Å². The summed E-state index contributed by atoms with van der Waals surface area (Å²) in [5.74, 6) is -0.385. The first-order chi connectivity index (χ1) is 12.2. The van der Waals surface area contributed by atoms with Gasteiger partial charge in [-0.1, -0.05) is 12.1 Å². The van der Waals surface area contributed by atoms with Crippen molar-refractivity contribution in [2.24, 2.45) is 0 Å². The van der Waals surface area contributed by atoms with Crippen molar-refractivity contribution in [3.05, 3.63) is 35.6 Å². The highest BCUT2D eigenvalue weighted by atomic mass is 19.1. The quantitative estimate of drug-likeness (QED) is 0.867. The van der Waals surface area contributed by atoms with Crippen LogP contribution in [0.2, 0.25) is 0 Å². The number of piperazine rings is 1. The molecule has 1 aliphatic heterocycles. The maximum absolute atomic E-state index is 12.9. The molecule has 0 saturated carbocycles. The molecule has 1 aliphatic rings. The summed E-state index contributed by atoms with van der Waals surface area (Å²) < 4.78 is 18.2. The van der Waals surface area contributed by atoms with Crippen LogP contribution in [-0.2, 0) is 16.0 Å². The Labute approximate surface area is 154 Å². The number of halogens is 1. The number of nitrogens with zero attached hydrogens (tertiary/aromatic N) is 2. The molecule has 1 fully saturated rings. The van der Waals surface area contributed by atoms with Crippen LogP contribution in [0.25, 0.3) is 0 Å². The molecule has 0 bridgehead atoms. The van der Waals surface area contributed by atoms with Gasteiger partial charge in [-0.3, -0.25) is 9.69 Å². The average molecular weight is 365 g/mol. The Bertz CT molecular complexity index is 605. The van der Waals surface area contributed by atoms with Gasteiger partial charge in [-0.05, 0) is 38.5 Å². The molecule has 1 aromatic rings. The molecule has 6 nitrogen and oxygen atoms in total. The summed E-state index contributed by atoms with van der Waals surface area (Å²) in [6.07, 6.45) is -0.0306. The van der Waals surface area contributed by atoms with Crippen LogP contribution in [0.4, 0.5) is 9.18 Å². The maximum Gasteiger partial charge on any atom is 0.410 e. The van der Waals surface area contributed by atoms with E-state index in [2.05, 4.69) is 10.2 Å². The van der Waals surface area contributed by atoms with Crippen molar-refractivity contribution >= 4 is 12.0 Å². The molecule has 0 spiro atoms. The number of benzene rings is 1. The van der Waals surface area contributed by atoms with Crippen molar-refractivity contribution in [3.8, 4) is 0 Å². The number of nitrogens with one attached hydrogen (secondary N) is 1. The lowest BCUT2D eigenvalue weighted by atomic mass is 10.1. The molecule has 0 unspecified atom stereocenters. The van der Waals surface area contributed by atoms with Gasteiger partial charge in [0.25, 0.3) is 0 Å². The summed E-state index contributed by atoms with van der Waals surface area (Å²) in [5, 5.41) is 2.88. The van der Waals surface area contributed by atoms with Crippen LogP contribution < -0.4 is 5.32 Å². The van der Waals surface area contributed by atoms with Gasteiger partial charge in [-0.2, -0.15) is 0 Å². The van der Waals surface area contributed by atoms with E-state index in [0.717, 1.165) is 25.2 Å². The number of hydrogen-bond donors (Lipinski definition) is 1. The molecule has 1 saturated heterocycles. The van der Waals surface area contributed by atoms with Crippen molar-refractivity contribution in [1.82, 2.24) is 15.1 Å². The number of carbonyl (C=O) groups excluding carboxylic acids is 2. The van der Waals surface area contributed by atoms with E-state index < -0.39 is 5.60 Å². The smallest absolute Gasteiger partial charge is 0.410 e. The summed E-state index contributed by atoms with van der Waals surface area (Å²) in [7, 11) is 0. The molecule has 1 aromatic carbocycles. The first kappa shape index (κ1) is 20.2. The largest absolute Gasteiger partial charge is 0.444 e. The molecule has 0 aromatic heterocycles. The van der Waals surface area contributed by atoms with E-state index in [-0.39, 0.29) is 24.2 Å². The predicted molar refractivity (Wildman–Crippen MR) is 97.4 cm³/mol. The number of hydrogen-bond acceptors (Lipinski definition) is 4. The van der Waals surface area contributed by atoms with Gasteiger partial charge in [-0.15, -0.1) is 0 Å². The lowest BCUT2D eigenvalue weighted by Gasteiger charge is -2.35. The van der Waals surface area contributed by atoms with Crippen molar-refractivity contribution in [3.63, 3.8) is 0 Å². The standard InChI is InChI=1S/C19H28FN3O3/c1-19(2,3)26-18(25)23-12-10-22(11-13-23)9-8-21-17(24)14-15-4-6-16(20)7-5-15/h4-7H,8-14H2,1-3H3,(H,21,24). The van der Waals surface area contributed by atoms with E-state index in [0.29, 0.717) is 19.6 Å². The molecule has 0 aliphatic carbocycles.